The molecule has 2 aromatic carbocycles. The first-order valence-electron chi connectivity index (χ1n) is 7.49. The van der Waals surface area contributed by atoms with E-state index in [0.29, 0.717) is 11.3 Å². The van der Waals surface area contributed by atoms with Gasteiger partial charge in [-0.05, 0) is 35.9 Å². The van der Waals surface area contributed by atoms with Crippen molar-refractivity contribution in [1.29, 1.82) is 0 Å². The second kappa shape index (κ2) is 8.85. The van der Waals surface area contributed by atoms with E-state index >= 15 is 0 Å². The minimum Gasteiger partial charge on any atom is -0.452 e. The molecule has 0 spiro atoms. The van der Waals surface area contributed by atoms with Gasteiger partial charge in [-0.15, -0.1) is 0 Å². The van der Waals surface area contributed by atoms with Gasteiger partial charge in [-0.2, -0.15) is 0 Å². The molecule has 27 heavy (non-hydrogen) atoms. The Bertz CT molecular complexity index is 890. The standard InChI is InChI=1S/C17H13N3O7/c21-16(18-13-4-8-15(9-5-13)20(25)26)11-27-17(22)10-3-12-1-6-14(7-2-12)19(23)24/h1-10H,11H2,(H,18,21)/b10-3+. The topological polar surface area (TPSA) is 142 Å². The van der Waals surface area contributed by atoms with Crippen molar-refractivity contribution in [2.24, 2.45) is 0 Å². The molecule has 10 heteroatoms. The second-order valence-electron chi connectivity index (χ2n) is 5.14. The number of amides is 1. The van der Waals surface area contributed by atoms with Crippen LogP contribution >= 0.6 is 0 Å². The number of nitrogens with one attached hydrogen (secondary N) is 1. The quantitative estimate of drug-likeness (QED) is 0.341. The number of nitro benzene ring substituents is 2. The van der Waals surface area contributed by atoms with E-state index in [1.54, 1.807) is 0 Å². The molecule has 2 rings (SSSR count). The Morgan fingerprint density at radius 1 is 0.926 bits per heavy atom. The van der Waals surface area contributed by atoms with Gasteiger partial charge in [0.1, 0.15) is 0 Å². The van der Waals surface area contributed by atoms with E-state index in [1.165, 1.54) is 54.6 Å². The third kappa shape index (κ3) is 6.05. The Morgan fingerprint density at radius 3 is 1.96 bits per heavy atom. The summed E-state index contributed by atoms with van der Waals surface area (Å²) in [6.45, 7) is -0.541. The highest BCUT2D eigenvalue weighted by Gasteiger charge is 2.08. The Labute approximate surface area is 152 Å². The summed E-state index contributed by atoms with van der Waals surface area (Å²) in [4.78, 5) is 43.3. The lowest BCUT2D eigenvalue weighted by Gasteiger charge is -2.05. The van der Waals surface area contributed by atoms with Gasteiger partial charge in [-0.3, -0.25) is 25.0 Å². The van der Waals surface area contributed by atoms with Gasteiger partial charge in [-0.1, -0.05) is 0 Å². The van der Waals surface area contributed by atoms with E-state index < -0.39 is 28.3 Å². The van der Waals surface area contributed by atoms with Gasteiger partial charge in [-0.25, -0.2) is 4.79 Å². The molecule has 0 atom stereocenters. The highest BCUT2D eigenvalue weighted by molar-refractivity contribution is 5.94. The number of anilines is 1. The highest BCUT2D eigenvalue weighted by Crippen LogP contribution is 2.15. The molecule has 10 nitrogen and oxygen atoms in total. The normalized spacial score (nSPS) is 10.4. The van der Waals surface area contributed by atoms with Crippen molar-refractivity contribution >= 4 is 35.0 Å². The largest absolute Gasteiger partial charge is 0.452 e. The predicted molar refractivity (Wildman–Crippen MR) is 94.8 cm³/mol. The number of nitro groups is 2. The molecule has 0 aliphatic rings. The molecule has 138 valence electrons. The van der Waals surface area contributed by atoms with Crippen LogP contribution in [0.15, 0.2) is 54.6 Å². The number of hydrogen-bond acceptors (Lipinski definition) is 7. The van der Waals surface area contributed by atoms with Crippen LogP contribution in [-0.4, -0.2) is 28.3 Å². The van der Waals surface area contributed by atoms with E-state index in [2.05, 4.69) is 5.32 Å². The Kier molecular flexibility index (Phi) is 6.31. The van der Waals surface area contributed by atoms with Gasteiger partial charge in [0.2, 0.25) is 0 Å². The van der Waals surface area contributed by atoms with Crippen molar-refractivity contribution in [3.05, 3.63) is 80.4 Å². The third-order valence-electron chi connectivity index (χ3n) is 3.22. The van der Waals surface area contributed by atoms with Crippen molar-refractivity contribution in [1.82, 2.24) is 0 Å². The summed E-state index contributed by atoms with van der Waals surface area (Å²) in [7, 11) is 0. The number of benzene rings is 2. The minimum atomic E-state index is -0.771. The monoisotopic (exact) mass is 371 g/mol. The van der Waals surface area contributed by atoms with Gasteiger partial charge in [0.15, 0.2) is 6.61 Å². The number of carbonyl (C=O) groups is 2. The number of non-ortho nitro benzene ring substituents is 2. The molecule has 0 radical (unpaired) electrons. The molecule has 2 aromatic rings. The third-order valence-corrected chi connectivity index (χ3v) is 3.22. The second-order valence-corrected chi connectivity index (χ2v) is 5.14. The number of carbonyl (C=O) groups excluding carboxylic acids is 2. The maximum atomic E-state index is 11.7. The van der Waals surface area contributed by atoms with Gasteiger partial charge < -0.3 is 10.1 Å². The SMILES string of the molecule is O=C(COC(=O)/C=C/c1ccc([N+](=O)[O-])cc1)Nc1ccc([N+](=O)[O-])cc1. The summed E-state index contributed by atoms with van der Waals surface area (Å²) in [6.07, 6.45) is 2.47. The smallest absolute Gasteiger partial charge is 0.331 e. The predicted octanol–water partition coefficient (Wildman–Crippen LogP) is 2.70. The molecule has 0 saturated carbocycles. The molecule has 1 amide bonds. The van der Waals surface area contributed by atoms with E-state index in [9.17, 15) is 29.8 Å². The number of rotatable bonds is 7. The molecular formula is C17H13N3O7. The average molecular weight is 371 g/mol. The van der Waals surface area contributed by atoms with Gasteiger partial charge in [0.25, 0.3) is 17.3 Å². The first kappa shape index (κ1) is 19.2. The maximum Gasteiger partial charge on any atom is 0.331 e. The first-order chi connectivity index (χ1) is 12.8. The molecule has 0 unspecified atom stereocenters. The van der Waals surface area contributed by atoms with Crippen molar-refractivity contribution < 1.29 is 24.2 Å². The summed E-state index contributed by atoms with van der Waals surface area (Å²) in [5, 5.41) is 23.5. The zero-order chi connectivity index (χ0) is 19.8. The van der Waals surface area contributed by atoms with Crippen molar-refractivity contribution in [2.45, 2.75) is 0 Å². The molecule has 0 aromatic heterocycles. The minimum absolute atomic E-state index is 0.0716. The molecule has 0 saturated heterocycles. The lowest BCUT2D eigenvalue weighted by Crippen LogP contribution is -2.20. The summed E-state index contributed by atoms with van der Waals surface area (Å²) in [5.41, 5.74) is 0.685. The Hall–Kier alpha value is -4.08. The van der Waals surface area contributed by atoms with E-state index in [0.717, 1.165) is 6.08 Å². The van der Waals surface area contributed by atoms with E-state index in [-0.39, 0.29) is 11.4 Å². The number of esters is 1. The first-order valence-corrected chi connectivity index (χ1v) is 7.49. The van der Waals surface area contributed by atoms with Gasteiger partial charge >= 0.3 is 5.97 Å². The maximum absolute atomic E-state index is 11.7. The highest BCUT2D eigenvalue weighted by atomic mass is 16.6. The number of hydrogen-bond donors (Lipinski definition) is 1. The molecular weight excluding hydrogens is 358 g/mol. The van der Waals surface area contributed by atoms with Crippen molar-refractivity contribution in [2.75, 3.05) is 11.9 Å². The van der Waals surface area contributed by atoms with E-state index in [4.69, 9.17) is 4.74 Å². The Morgan fingerprint density at radius 2 is 1.44 bits per heavy atom. The van der Waals surface area contributed by atoms with E-state index in [1.807, 2.05) is 0 Å². The molecule has 0 fully saturated rings. The fourth-order valence-electron chi connectivity index (χ4n) is 1.92. The van der Waals surface area contributed by atoms with Crippen LogP contribution in [0.25, 0.3) is 6.08 Å². The van der Waals surface area contributed by atoms with Gasteiger partial charge in [0.05, 0.1) is 9.85 Å². The summed E-state index contributed by atoms with van der Waals surface area (Å²) < 4.78 is 4.77. The molecule has 1 N–H and O–H groups in total. The fraction of sp³-hybridized carbons (Fsp3) is 0.0588. The summed E-state index contributed by atoms with van der Waals surface area (Å²) >= 11 is 0. The zero-order valence-corrected chi connectivity index (χ0v) is 13.7. The fourth-order valence-corrected chi connectivity index (χ4v) is 1.92. The van der Waals surface area contributed by atoms with Crippen molar-refractivity contribution in [3.63, 3.8) is 0 Å². The Balaban J connectivity index is 1.81. The lowest BCUT2D eigenvalue weighted by atomic mass is 10.2. The van der Waals surface area contributed by atoms with Gasteiger partial charge in [0, 0.05) is 36.0 Å². The van der Waals surface area contributed by atoms with Crippen LogP contribution in [0, 0.1) is 20.2 Å². The molecule has 0 aliphatic heterocycles. The van der Waals surface area contributed by atoms with Crippen LogP contribution < -0.4 is 5.32 Å². The molecule has 0 bridgehead atoms. The van der Waals surface area contributed by atoms with Crippen LogP contribution in [0.3, 0.4) is 0 Å². The number of ether oxygens (including phenoxy) is 1. The van der Waals surface area contributed by atoms with Crippen LogP contribution in [0.1, 0.15) is 5.56 Å². The van der Waals surface area contributed by atoms with Crippen molar-refractivity contribution in [3.8, 4) is 0 Å². The summed E-state index contributed by atoms with van der Waals surface area (Å²) in [6, 6.07) is 10.7. The molecule has 0 aliphatic carbocycles. The van der Waals surface area contributed by atoms with Crippen LogP contribution in [0.5, 0.6) is 0 Å². The van der Waals surface area contributed by atoms with Crippen LogP contribution in [-0.2, 0) is 14.3 Å². The lowest BCUT2D eigenvalue weighted by molar-refractivity contribution is -0.385. The summed E-state index contributed by atoms with van der Waals surface area (Å²) in [5.74, 6) is -1.38. The molecule has 0 heterocycles. The van der Waals surface area contributed by atoms with Crippen LogP contribution in [0.2, 0.25) is 0 Å². The zero-order valence-electron chi connectivity index (χ0n) is 13.7. The average Bonchev–Trinajstić information content (AvgIpc) is 2.65. The van der Waals surface area contributed by atoms with Crippen LogP contribution in [0.4, 0.5) is 17.1 Å². The number of nitrogens with zero attached hydrogens (tertiary/aromatic N) is 2.